The van der Waals surface area contributed by atoms with Crippen molar-refractivity contribution >= 4 is 28.8 Å². The van der Waals surface area contributed by atoms with E-state index in [4.69, 9.17) is 0 Å². The highest BCUT2D eigenvalue weighted by molar-refractivity contribution is 7.99. The average Bonchev–Trinajstić information content (AvgIpc) is 3.41. The first-order valence-corrected chi connectivity index (χ1v) is 10.9. The van der Waals surface area contributed by atoms with Gasteiger partial charge in [-0.3, -0.25) is 9.20 Å². The SMILES string of the molecule is Cc1ccc(-c2cc3c4nnc(SCC(=O)NCc5ccccc5)n4ccn3n2)cc1. The van der Waals surface area contributed by atoms with Crippen molar-refractivity contribution in [1.29, 1.82) is 0 Å². The number of hydrogen-bond acceptors (Lipinski definition) is 5. The maximum absolute atomic E-state index is 12.2. The summed E-state index contributed by atoms with van der Waals surface area (Å²) in [6.07, 6.45) is 3.75. The summed E-state index contributed by atoms with van der Waals surface area (Å²) in [5.74, 6) is 0.227. The molecule has 0 aliphatic carbocycles. The van der Waals surface area contributed by atoms with E-state index in [1.54, 1.807) is 4.52 Å². The smallest absolute Gasteiger partial charge is 0.230 e. The lowest BCUT2D eigenvalue weighted by Gasteiger charge is -2.04. The molecule has 154 valence electrons. The van der Waals surface area contributed by atoms with Crippen LogP contribution >= 0.6 is 11.8 Å². The molecule has 5 rings (SSSR count). The van der Waals surface area contributed by atoms with Crippen LogP contribution in [0.4, 0.5) is 0 Å². The second-order valence-corrected chi connectivity index (χ2v) is 8.19. The van der Waals surface area contributed by atoms with Gasteiger partial charge in [0.1, 0.15) is 5.52 Å². The lowest BCUT2D eigenvalue weighted by molar-refractivity contribution is -0.118. The number of nitrogens with one attached hydrogen (secondary N) is 1. The number of amides is 1. The van der Waals surface area contributed by atoms with Crippen LogP contribution in [0.25, 0.3) is 22.4 Å². The van der Waals surface area contributed by atoms with E-state index in [0.29, 0.717) is 17.3 Å². The standard InChI is InChI=1S/C23H20N6OS/c1-16-7-9-18(10-8-16)19-13-20-22-25-26-23(28(22)11-12-29(20)27-19)31-15-21(30)24-14-17-5-3-2-4-6-17/h2-13H,14-15H2,1H3,(H,24,30). The number of thioether (sulfide) groups is 1. The highest BCUT2D eigenvalue weighted by Gasteiger charge is 2.14. The molecule has 0 fully saturated rings. The molecule has 1 amide bonds. The summed E-state index contributed by atoms with van der Waals surface area (Å²) in [6, 6.07) is 20.1. The first-order chi connectivity index (χ1) is 15.2. The summed E-state index contributed by atoms with van der Waals surface area (Å²) in [7, 11) is 0. The third-order valence-corrected chi connectivity index (χ3v) is 5.94. The number of aromatic nitrogens is 5. The molecule has 31 heavy (non-hydrogen) atoms. The number of carbonyl (C=O) groups excluding carboxylic acids is 1. The van der Waals surface area contributed by atoms with E-state index < -0.39 is 0 Å². The predicted molar refractivity (Wildman–Crippen MR) is 121 cm³/mol. The van der Waals surface area contributed by atoms with Crippen molar-refractivity contribution in [3.8, 4) is 11.3 Å². The Hall–Kier alpha value is -3.65. The number of carbonyl (C=O) groups is 1. The van der Waals surface area contributed by atoms with Crippen LogP contribution in [0.2, 0.25) is 0 Å². The minimum absolute atomic E-state index is 0.0438. The van der Waals surface area contributed by atoms with Crippen LogP contribution in [0, 0.1) is 6.92 Å². The quantitative estimate of drug-likeness (QED) is 0.417. The van der Waals surface area contributed by atoms with E-state index >= 15 is 0 Å². The minimum Gasteiger partial charge on any atom is -0.351 e. The first-order valence-electron chi connectivity index (χ1n) is 9.91. The molecule has 2 aromatic carbocycles. The molecule has 0 saturated heterocycles. The number of aryl methyl sites for hydroxylation is 1. The summed E-state index contributed by atoms with van der Waals surface area (Å²) in [5.41, 5.74) is 5.79. The van der Waals surface area contributed by atoms with Gasteiger partial charge in [0.15, 0.2) is 10.8 Å². The van der Waals surface area contributed by atoms with Gasteiger partial charge in [-0.15, -0.1) is 10.2 Å². The third-order valence-electron chi connectivity index (χ3n) is 5.00. The Bertz CT molecular complexity index is 1360. The van der Waals surface area contributed by atoms with Crippen LogP contribution in [0.5, 0.6) is 0 Å². The lowest BCUT2D eigenvalue weighted by Crippen LogP contribution is -2.24. The Kier molecular flexibility index (Phi) is 5.13. The van der Waals surface area contributed by atoms with Crippen LogP contribution in [-0.4, -0.2) is 35.9 Å². The molecule has 0 aliphatic heterocycles. The maximum atomic E-state index is 12.2. The van der Waals surface area contributed by atoms with Crippen molar-refractivity contribution in [2.75, 3.05) is 5.75 Å². The Balaban J connectivity index is 1.33. The van der Waals surface area contributed by atoms with Gasteiger partial charge < -0.3 is 5.32 Å². The highest BCUT2D eigenvalue weighted by atomic mass is 32.2. The van der Waals surface area contributed by atoms with Gasteiger partial charge in [0.25, 0.3) is 0 Å². The minimum atomic E-state index is -0.0438. The van der Waals surface area contributed by atoms with E-state index in [1.807, 2.05) is 53.2 Å². The molecule has 7 nitrogen and oxygen atoms in total. The molecular formula is C23H20N6OS. The Morgan fingerprint density at radius 2 is 1.84 bits per heavy atom. The van der Waals surface area contributed by atoms with Gasteiger partial charge in [-0.2, -0.15) is 5.10 Å². The zero-order valence-corrected chi connectivity index (χ0v) is 17.7. The number of hydrogen-bond donors (Lipinski definition) is 1. The second kappa shape index (κ2) is 8.23. The average molecular weight is 429 g/mol. The van der Waals surface area contributed by atoms with Gasteiger partial charge in [-0.05, 0) is 18.6 Å². The topological polar surface area (TPSA) is 76.6 Å². The van der Waals surface area contributed by atoms with Crippen LogP contribution in [-0.2, 0) is 11.3 Å². The maximum Gasteiger partial charge on any atom is 0.230 e. The molecule has 0 saturated carbocycles. The van der Waals surface area contributed by atoms with E-state index in [-0.39, 0.29) is 11.7 Å². The molecule has 0 aliphatic rings. The third kappa shape index (κ3) is 4.02. The van der Waals surface area contributed by atoms with E-state index in [9.17, 15) is 4.79 Å². The summed E-state index contributed by atoms with van der Waals surface area (Å²) < 4.78 is 3.70. The monoisotopic (exact) mass is 428 g/mol. The van der Waals surface area contributed by atoms with Crippen molar-refractivity contribution in [3.05, 3.63) is 84.2 Å². The van der Waals surface area contributed by atoms with Gasteiger partial charge in [0, 0.05) is 24.5 Å². The highest BCUT2D eigenvalue weighted by Crippen LogP contribution is 2.24. The van der Waals surface area contributed by atoms with Crippen LogP contribution in [0.15, 0.2) is 78.2 Å². The van der Waals surface area contributed by atoms with Crippen LogP contribution in [0.1, 0.15) is 11.1 Å². The Labute approximate surface area is 183 Å². The molecular weight excluding hydrogens is 408 g/mol. The van der Waals surface area contributed by atoms with Crippen LogP contribution in [0.3, 0.4) is 0 Å². The molecule has 1 N–H and O–H groups in total. The lowest BCUT2D eigenvalue weighted by atomic mass is 10.1. The fourth-order valence-electron chi connectivity index (χ4n) is 3.33. The van der Waals surface area contributed by atoms with Crippen molar-refractivity contribution in [3.63, 3.8) is 0 Å². The van der Waals surface area contributed by atoms with Crippen molar-refractivity contribution in [2.45, 2.75) is 18.6 Å². The molecule has 0 atom stereocenters. The Morgan fingerprint density at radius 1 is 1.03 bits per heavy atom. The van der Waals surface area contributed by atoms with Gasteiger partial charge >= 0.3 is 0 Å². The van der Waals surface area contributed by atoms with Gasteiger partial charge in [-0.1, -0.05) is 71.9 Å². The fourth-order valence-corrected chi connectivity index (χ4v) is 4.08. The van der Waals surface area contributed by atoms with Crippen LogP contribution < -0.4 is 5.32 Å². The number of benzene rings is 2. The number of fused-ring (bicyclic) bond motifs is 3. The molecule has 0 unspecified atom stereocenters. The van der Waals surface area contributed by atoms with Gasteiger partial charge in [0.05, 0.1) is 11.4 Å². The predicted octanol–water partition coefficient (Wildman–Crippen LogP) is 3.76. The molecule has 0 bridgehead atoms. The number of rotatable bonds is 6. The second-order valence-electron chi connectivity index (χ2n) is 7.25. The van der Waals surface area contributed by atoms with E-state index in [0.717, 1.165) is 22.3 Å². The zero-order chi connectivity index (χ0) is 21.2. The van der Waals surface area contributed by atoms with E-state index in [2.05, 4.69) is 51.8 Å². The number of nitrogens with zero attached hydrogens (tertiary/aromatic N) is 5. The van der Waals surface area contributed by atoms with Crippen molar-refractivity contribution in [1.82, 2.24) is 29.5 Å². The Morgan fingerprint density at radius 3 is 2.65 bits per heavy atom. The molecule has 8 heteroatoms. The molecule has 3 heterocycles. The summed E-state index contributed by atoms with van der Waals surface area (Å²) in [5, 5.41) is 16.9. The van der Waals surface area contributed by atoms with Crippen molar-refractivity contribution < 1.29 is 4.79 Å². The molecule has 0 spiro atoms. The summed E-state index contributed by atoms with van der Waals surface area (Å²) in [4.78, 5) is 12.2. The zero-order valence-electron chi connectivity index (χ0n) is 16.9. The van der Waals surface area contributed by atoms with Gasteiger partial charge in [0.2, 0.25) is 5.91 Å². The van der Waals surface area contributed by atoms with Crippen molar-refractivity contribution in [2.24, 2.45) is 0 Å². The summed E-state index contributed by atoms with van der Waals surface area (Å²) in [6.45, 7) is 2.58. The summed E-state index contributed by atoms with van der Waals surface area (Å²) >= 11 is 1.36. The normalized spacial score (nSPS) is 11.3. The largest absolute Gasteiger partial charge is 0.351 e. The first kappa shape index (κ1) is 19.3. The van der Waals surface area contributed by atoms with Gasteiger partial charge in [-0.25, -0.2) is 4.52 Å². The van der Waals surface area contributed by atoms with E-state index in [1.165, 1.54) is 17.3 Å². The molecule has 5 aromatic rings. The molecule has 0 radical (unpaired) electrons. The fraction of sp³-hybridized carbons (Fsp3) is 0.130. The molecule has 3 aromatic heterocycles.